The highest BCUT2D eigenvalue weighted by molar-refractivity contribution is 6.30. The minimum absolute atomic E-state index is 0.235. The minimum Gasteiger partial charge on any atom is -0.482 e. The van der Waals surface area contributed by atoms with E-state index in [2.05, 4.69) is 48.3 Å². The normalized spacial score (nSPS) is 27.8. The predicted molar refractivity (Wildman–Crippen MR) is 85.1 cm³/mol. The van der Waals surface area contributed by atoms with Gasteiger partial charge in [-0.25, -0.2) is 0 Å². The van der Waals surface area contributed by atoms with Crippen LogP contribution in [0.15, 0.2) is 48.5 Å². The van der Waals surface area contributed by atoms with Gasteiger partial charge in [-0.2, -0.15) is 0 Å². The van der Waals surface area contributed by atoms with Gasteiger partial charge in [0.25, 0.3) is 0 Å². The molecule has 4 rings (SSSR count). The van der Waals surface area contributed by atoms with Crippen LogP contribution in [0.5, 0.6) is 5.75 Å². The maximum absolute atomic E-state index is 6.50. The minimum atomic E-state index is -0.235. The molecule has 3 heteroatoms. The van der Waals surface area contributed by atoms with E-state index in [9.17, 15) is 0 Å². The quantitative estimate of drug-likeness (QED) is 0.788. The molecule has 0 saturated carbocycles. The number of hydrogen-bond acceptors (Lipinski definition) is 2. The molecule has 0 aromatic heterocycles. The highest BCUT2D eigenvalue weighted by Gasteiger charge is 2.51. The lowest BCUT2D eigenvalue weighted by Crippen LogP contribution is -2.47. The van der Waals surface area contributed by atoms with Gasteiger partial charge in [-0.1, -0.05) is 41.9 Å². The summed E-state index contributed by atoms with van der Waals surface area (Å²) in [6.07, 6.45) is 1.00. The molecule has 0 aliphatic carbocycles. The number of likely N-dealkylation sites (N-methyl/N-ethyl adjacent to an activating group) is 1. The van der Waals surface area contributed by atoms with Gasteiger partial charge in [0.2, 0.25) is 0 Å². The summed E-state index contributed by atoms with van der Waals surface area (Å²) < 4.78 is 6.50. The average molecular weight is 300 g/mol. The van der Waals surface area contributed by atoms with Gasteiger partial charge in [0, 0.05) is 36.0 Å². The molecule has 1 saturated heterocycles. The van der Waals surface area contributed by atoms with Crippen molar-refractivity contribution in [2.45, 2.75) is 17.9 Å². The third-order valence-corrected chi connectivity index (χ3v) is 5.09. The first-order chi connectivity index (χ1) is 10.2. The van der Waals surface area contributed by atoms with Crippen LogP contribution in [-0.2, 0) is 5.60 Å². The molecule has 2 aromatic rings. The fourth-order valence-electron chi connectivity index (χ4n) is 3.75. The third-order valence-electron chi connectivity index (χ3n) is 4.84. The molecule has 2 unspecified atom stereocenters. The molecule has 0 bridgehead atoms. The maximum atomic E-state index is 6.50. The van der Waals surface area contributed by atoms with E-state index in [1.54, 1.807) is 0 Å². The molecule has 0 amide bonds. The van der Waals surface area contributed by atoms with Crippen LogP contribution >= 0.6 is 11.6 Å². The average Bonchev–Trinajstić information content (AvgIpc) is 2.83. The SMILES string of the molecule is CN1CCC2(c3ccc(Cl)cc3)Oc3ccccc3C2C1. The summed E-state index contributed by atoms with van der Waals surface area (Å²) in [6, 6.07) is 16.6. The van der Waals surface area contributed by atoms with E-state index in [4.69, 9.17) is 16.3 Å². The number of benzene rings is 2. The van der Waals surface area contributed by atoms with Crippen molar-refractivity contribution in [2.75, 3.05) is 20.1 Å². The van der Waals surface area contributed by atoms with Crippen LogP contribution in [0.25, 0.3) is 0 Å². The number of ether oxygens (including phenoxy) is 1. The molecular formula is C18H18ClNO. The predicted octanol–water partition coefficient (Wildman–Crippen LogP) is 4.05. The van der Waals surface area contributed by atoms with Crippen molar-refractivity contribution in [3.05, 3.63) is 64.7 Å². The standard InChI is InChI=1S/C18H18ClNO/c1-20-11-10-18(13-6-8-14(19)9-7-13)16(12-20)15-4-2-3-5-17(15)21-18/h2-9,16H,10-12H2,1H3. The topological polar surface area (TPSA) is 12.5 Å². The van der Waals surface area contributed by atoms with Gasteiger partial charge in [-0.05, 0) is 30.8 Å². The Morgan fingerprint density at radius 3 is 2.71 bits per heavy atom. The molecule has 0 N–H and O–H groups in total. The Bertz CT molecular complexity index is 669. The zero-order valence-electron chi connectivity index (χ0n) is 12.1. The monoisotopic (exact) mass is 299 g/mol. The molecule has 108 valence electrons. The van der Waals surface area contributed by atoms with Crippen LogP contribution < -0.4 is 4.74 Å². The van der Waals surface area contributed by atoms with Crippen molar-refractivity contribution in [3.63, 3.8) is 0 Å². The van der Waals surface area contributed by atoms with E-state index >= 15 is 0 Å². The lowest BCUT2D eigenvalue weighted by molar-refractivity contribution is 0.00703. The van der Waals surface area contributed by atoms with Gasteiger partial charge in [-0.15, -0.1) is 0 Å². The number of hydrogen-bond donors (Lipinski definition) is 0. The zero-order valence-corrected chi connectivity index (χ0v) is 12.8. The van der Waals surface area contributed by atoms with Crippen LogP contribution in [-0.4, -0.2) is 25.0 Å². The summed E-state index contributed by atoms with van der Waals surface area (Å²) in [5.74, 6) is 1.42. The number of nitrogens with zero attached hydrogens (tertiary/aromatic N) is 1. The number of rotatable bonds is 1. The summed E-state index contributed by atoms with van der Waals surface area (Å²) in [5.41, 5.74) is 2.33. The van der Waals surface area contributed by atoms with Crippen LogP contribution in [0.4, 0.5) is 0 Å². The highest BCUT2D eigenvalue weighted by atomic mass is 35.5. The fourth-order valence-corrected chi connectivity index (χ4v) is 3.87. The first-order valence-corrected chi connectivity index (χ1v) is 7.79. The van der Waals surface area contributed by atoms with E-state index in [0.717, 1.165) is 30.3 Å². The Morgan fingerprint density at radius 2 is 1.90 bits per heavy atom. The highest BCUT2D eigenvalue weighted by Crippen LogP contribution is 2.54. The Labute approximate surface area is 130 Å². The molecule has 1 fully saturated rings. The number of halogens is 1. The van der Waals surface area contributed by atoms with E-state index < -0.39 is 0 Å². The van der Waals surface area contributed by atoms with Gasteiger partial charge >= 0.3 is 0 Å². The summed E-state index contributed by atoms with van der Waals surface area (Å²) >= 11 is 6.05. The molecule has 2 nitrogen and oxygen atoms in total. The summed E-state index contributed by atoms with van der Waals surface area (Å²) in [6.45, 7) is 2.08. The summed E-state index contributed by atoms with van der Waals surface area (Å²) in [5, 5.41) is 0.773. The van der Waals surface area contributed by atoms with E-state index in [-0.39, 0.29) is 5.60 Å². The molecule has 2 aliphatic rings. The van der Waals surface area contributed by atoms with Crippen LogP contribution in [0.2, 0.25) is 5.02 Å². The Hall–Kier alpha value is -1.51. The Balaban J connectivity index is 1.84. The molecular weight excluding hydrogens is 282 g/mol. The van der Waals surface area contributed by atoms with Crippen molar-refractivity contribution in [3.8, 4) is 5.75 Å². The molecule has 0 radical (unpaired) electrons. The molecule has 2 aromatic carbocycles. The number of likely N-dealkylation sites (tertiary alicyclic amines) is 1. The second kappa shape index (κ2) is 4.75. The van der Waals surface area contributed by atoms with Crippen LogP contribution in [0.1, 0.15) is 23.5 Å². The molecule has 2 aliphatic heterocycles. The largest absolute Gasteiger partial charge is 0.482 e. The van der Waals surface area contributed by atoms with Gasteiger partial charge in [0.1, 0.15) is 11.4 Å². The van der Waals surface area contributed by atoms with Gasteiger partial charge in [0.15, 0.2) is 0 Å². The lowest BCUT2D eigenvalue weighted by Gasteiger charge is -2.42. The molecule has 2 heterocycles. The summed E-state index contributed by atoms with van der Waals surface area (Å²) in [4.78, 5) is 2.39. The second-order valence-electron chi connectivity index (χ2n) is 6.10. The van der Waals surface area contributed by atoms with E-state index in [1.807, 2.05) is 12.1 Å². The van der Waals surface area contributed by atoms with Crippen molar-refractivity contribution in [1.29, 1.82) is 0 Å². The number of para-hydroxylation sites is 1. The fraction of sp³-hybridized carbons (Fsp3) is 0.333. The second-order valence-corrected chi connectivity index (χ2v) is 6.54. The van der Waals surface area contributed by atoms with Crippen molar-refractivity contribution >= 4 is 11.6 Å². The van der Waals surface area contributed by atoms with Gasteiger partial charge < -0.3 is 9.64 Å². The van der Waals surface area contributed by atoms with Crippen molar-refractivity contribution in [2.24, 2.45) is 0 Å². The smallest absolute Gasteiger partial charge is 0.143 e. The maximum Gasteiger partial charge on any atom is 0.143 e. The molecule has 0 spiro atoms. The van der Waals surface area contributed by atoms with E-state index in [1.165, 1.54) is 11.1 Å². The van der Waals surface area contributed by atoms with E-state index in [0.29, 0.717) is 5.92 Å². The number of fused-ring (bicyclic) bond motifs is 3. The zero-order chi connectivity index (χ0) is 14.4. The Kier molecular flexibility index (Phi) is 2.98. The Morgan fingerprint density at radius 1 is 1.14 bits per heavy atom. The van der Waals surface area contributed by atoms with Gasteiger partial charge in [-0.3, -0.25) is 0 Å². The molecule has 2 atom stereocenters. The van der Waals surface area contributed by atoms with Crippen LogP contribution in [0, 0.1) is 0 Å². The first kappa shape index (κ1) is 13.2. The lowest BCUT2D eigenvalue weighted by atomic mass is 9.74. The molecule has 21 heavy (non-hydrogen) atoms. The summed E-state index contributed by atoms with van der Waals surface area (Å²) in [7, 11) is 2.19. The van der Waals surface area contributed by atoms with Crippen LogP contribution in [0.3, 0.4) is 0 Å². The third kappa shape index (κ3) is 1.97. The van der Waals surface area contributed by atoms with Crippen molar-refractivity contribution < 1.29 is 4.74 Å². The first-order valence-electron chi connectivity index (χ1n) is 7.41. The van der Waals surface area contributed by atoms with Crippen molar-refractivity contribution in [1.82, 2.24) is 4.90 Å². The van der Waals surface area contributed by atoms with Gasteiger partial charge in [0.05, 0.1) is 0 Å². The number of piperidine rings is 1.